The maximum absolute atomic E-state index is 4.74. The van der Waals surface area contributed by atoms with Crippen molar-refractivity contribution < 1.29 is 0 Å². The Kier molecular flexibility index (Phi) is 7.80. The van der Waals surface area contributed by atoms with Gasteiger partial charge < -0.3 is 20.1 Å². The van der Waals surface area contributed by atoms with Gasteiger partial charge in [-0.15, -0.1) is 0 Å². The van der Waals surface area contributed by atoms with E-state index in [2.05, 4.69) is 75.0 Å². The van der Waals surface area contributed by atoms with Crippen molar-refractivity contribution in [3.8, 4) is 22.6 Å². The van der Waals surface area contributed by atoms with E-state index < -0.39 is 0 Å². The van der Waals surface area contributed by atoms with E-state index >= 15 is 0 Å². The number of rotatable bonds is 9. The van der Waals surface area contributed by atoms with Crippen LogP contribution in [0.2, 0.25) is 0 Å². The smallest absolute Gasteiger partial charge is 0.116 e. The first-order chi connectivity index (χ1) is 19.6. The number of pyridine rings is 2. The molecule has 8 nitrogen and oxygen atoms in total. The number of aryl methyl sites for hydroxylation is 1. The van der Waals surface area contributed by atoms with Crippen molar-refractivity contribution in [1.29, 1.82) is 0 Å². The number of likely N-dealkylation sites (N-methyl/N-ethyl adjacent to an activating group) is 1. The van der Waals surface area contributed by atoms with Gasteiger partial charge in [-0.2, -0.15) is 5.10 Å². The van der Waals surface area contributed by atoms with Crippen LogP contribution in [0.15, 0.2) is 55.5 Å². The fraction of sp³-hybridized carbons (Fsp3) is 0.406. The number of aromatic nitrogens is 5. The first kappa shape index (κ1) is 26.5. The molecule has 8 heteroatoms. The monoisotopic (exact) mass is 536 g/mol. The van der Waals surface area contributed by atoms with Crippen LogP contribution in [0.5, 0.6) is 0 Å². The predicted molar refractivity (Wildman–Crippen MR) is 163 cm³/mol. The summed E-state index contributed by atoms with van der Waals surface area (Å²) in [5.74, 6) is 0.821. The quantitative estimate of drug-likeness (QED) is 0.249. The SMILES string of the molecule is C=C/C=C(\c1cc(-c2n[nH]c3cnc(-c4cncc(CNCC5CCCC5)c4)cc23)[nH]c1C)N1CCN(C)CC1. The van der Waals surface area contributed by atoms with E-state index in [1.165, 1.54) is 42.5 Å². The zero-order chi connectivity index (χ0) is 27.5. The number of hydrogen-bond donors (Lipinski definition) is 3. The van der Waals surface area contributed by atoms with Crippen LogP contribution in [0.3, 0.4) is 0 Å². The molecule has 1 aliphatic heterocycles. The highest BCUT2D eigenvalue weighted by molar-refractivity contribution is 5.94. The Bertz CT molecular complexity index is 1500. The molecule has 1 saturated carbocycles. The predicted octanol–water partition coefficient (Wildman–Crippen LogP) is 5.38. The molecule has 0 radical (unpaired) electrons. The molecule has 0 unspecified atom stereocenters. The first-order valence-corrected chi connectivity index (χ1v) is 14.5. The van der Waals surface area contributed by atoms with Gasteiger partial charge in [-0.3, -0.25) is 15.1 Å². The van der Waals surface area contributed by atoms with Crippen molar-refractivity contribution in [1.82, 2.24) is 40.3 Å². The van der Waals surface area contributed by atoms with Crippen molar-refractivity contribution in [3.63, 3.8) is 0 Å². The number of piperazine rings is 1. The number of allylic oxidation sites excluding steroid dienone is 2. The van der Waals surface area contributed by atoms with E-state index in [-0.39, 0.29) is 0 Å². The van der Waals surface area contributed by atoms with Crippen LogP contribution >= 0.6 is 0 Å². The highest BCUT2D eigenvalue weighted by Gasteiger charge is 2.21. The highest BCUT2D eigenvalue weighted by atomic mass is 15.3. The van der Waals surface area contributed by atoms with E-state index in [0.717, 1.165) is 84.4 Å². The summed E-state index contributed by atoms with van der Waals surface area (Å²) in [5.41, 5.74) is 9.40. The van der Waals surface area contributed by atoms with Crippen LogP contribution in [0.4, 0.5) is 0 Å². The van der Waals surface area contributed by atoms with Gasteiger partial charge in [-0.1, -0.05) is 25.5 Å². The van der Waals surface area contributed by atoms with Gasteiger partial charge >= 0.3 is 0 Å². The molecule has 0 spiro atoms. The minimum Gasteiger partial charge on any atom is -0.368 e. The van der Waals surface area contributed by atoms with Crippen molar-refractivity contribution in [3.05, 3.63) is 72.3 Å². The molecule has 1 aliphatic carbocycles. The second-order valence-electron chi connectivity index (χ2n) is 11.4. The van der Waals surface area contributed by atoms with E-state index in [4.69, 9.17) is 10.1 Å². The van der Waals surface area contributed by atoms with Crippen LogP contribution in [0.25, 0.3) is 39.2 Å². The molecule has 6 rings (SSSR count). The van der Waals surface area contributed by atoms with E-state index in [1.54, 1.807) is 0 Å². The number of H-pyrrole nitrogens is 2. The van der Waals surface area contributed by atoms with Gasteiger partial charge in [0, 0.05) is 73.0 Å². The van der Waals surface area contributed by atoms with Gasteiger partial charge in [-0.05, 0) is 69.1 Å². The Morgan fingerprint density at radius 1 is 1.10 bits per heavy atom. The number of fused-ring (bicyclic) bond motifs is 1. The molecule has 208 valence electrons. The molecule has 0 amide bonds. The van der Waals surface area contributed by atoms with Crippen LogP contribution < -0.4 is 5.32 Å². The Balaban J connectivity index is 1.26. The number of aromatic amines is 2. The van der Waals surface area contributed by atoms with E-state index in [1.807, 2.05) is 24.7 Å². The Morgan fingerprint density at radius 3 is 2.73 bits per heavy atom. The average molecular weight is 537 g/mol. The molecule has 3 N–H and O–H groups in total. The van der Waals surface area contributed by atoms with Crippen LogP contribution in [0.1, 0.15) is 42.5 Å². The van der Waals surface area contributed by atoms with Gasteiger partial charge in [0.1, 0.15) is 5.69 Å². The van der Waals surface area contributed by atoms with Gasteiger partial charge in [0.05, 0.1) is 23.1 Å². The summed E-state index contributed by atoms with van der Waals surface area (Å²) in [6.45, 7) is 12.1. The Hall–Kier alpha value is -3.75. The third kappa shape index (κ3) is 5.60. The number of hydrogen-bond acceptors (Lipinski definition) is 6. The Morgan fingerprint density at radius 2 is 1.93 bits per heavy atom. The van der Waals surface area contributed by atoms with Crippen molar-refractivity contribution in [2.24, 2.45) is 5.92 Å². The molecule has 2 aliphatic rings. The molecule has 5 heterocycles. The minimum atomic E-state index is 0.821. The second-order valence-corrected chi connectivity index (χ2v) is 11.4. The first-order valence-electron chi connectivity index (χ1n) is 14.5. The third-order valence-electron chi connectivity index (χ3n) is 8.44. The van der Waals surface area contributed by atoms with Gasteiger partial charge in [0.2, 0.25) is 0 Å². The summed E-state index contributed by atoms with van der Waals surface area (Å²) >= 11 is 0. The second kappa shape index (κ2) is 11.8. The van der Waals surface area contributed by atoms with Crippen molar-refractivity contribution >= 4 is 16.6 Å². The molecule has 0 bridgehead atoms. The summed E-state index contributed by atoms with van der Waals surface area (Å²) < 4.78 is 0. The minimum absolute atomic E-state index is 0.821. The lowest BCUT2D eigenvalue weighted by atomic mass is 10.1. The summed E-state index contributed by atoms with van der Waals surface area (Å²) in [6, 6.07) is 6.54. The third-order valence-corrected chi connectivity index (χ3v) is 8.44. The zero-order valence-corrected chi connectivity index (χ0v) is 23.7. The summed E-state index contributed by atoms with van der Waals surface area (Å²) in [7, 11) is 2.18. The zero-order valence-electron chi connectivity index (χ0n) is 23.7. The van der Waals surface area contributed by atoms with Crippen LogP contribution in [-0.2, 0) is 6.54 Å². The lowest BCUT2D eigenvalue weighted by Gasteiger charge is -2.35. The summed E-state index contributed by atoms with van der Waals surface area (Å²) in [5, 5.41) is 12.5. The lowest BCUT2D eigenvalue weighted by Crippen LogP contribution is -2.43. The van der Waals surface area contributed by atoms with Crippen LogP contribution in [0, 0.1) is 12.8 Å². The average Bonchev–Trinajstić information content (AvgIpc) is 3.72. The molecule has 0 aromatic carbocycles. The highest BCUT2D eigenvalue weighted by Crippen LogP contribution is 2.33. The molecule has 4 aromatic heterocycles. The lowest BCUT2D eigenvalue weighted by molar-refractivity contribution is 0.207. The number of nitrogens with one attached hydrogen (secondary N) is 3. The molecule has 40 heavy (non-hydrogen) atoms. The fourth-order valence-electron chi connectivity index (χ4n) is 6.12. The fourth-order valence-corrected chi connectivity index (χ4v) is 6.12. The largest absolute Gasteiger partial charge is 0.368 e. The Labute approximate surface area is 236 Å². The van der Waals surface area contributed by atoms with Gasteiger partial charge in [-0.25, -0.2) is 0 Å². The maximum atomic E-state index is 4.74. The molecule has 1 saturated heterocycles. The van der Waals surface area contributed by atoms with Gasteiger partial charge in [0.15, 0.2) is 0 Å². The van der Waals surface area contributed by atoms with Crippen LogP contribution in [-0.4, -0.2) is 74.7 Å². The van der Waals surface area contributed by atoms with Gasteiger partial charge in [0.25, 0.3) is 0 Å². The van der Waals surface area contributed by atoms with Crippen molar-refractivity contribution in [2.75, 3.05) is 39.8 Å². The molecular weight excluding hydrogens is 496 g/mol. The molecular formula is C32H40N8. The van der Waals surface area contributed by atoms with E-state index in [9.17, 15) is 0 Å². The molecule has 4 aromatic rings. The number of nitrogens with zero attached hydrogens (tertiary/aromatic N) is 5. The summed E-state index contributed by atoms with van der Waals surface area (Å²) in [4.78, 5) is 17.7. The maximum Gasteiger partial charge on any atom is 0.116 e. The van der Waals surface area contributed by atoms with E-state index in [0.29, 0.717) is 0 Å². The topological polar surface area (TPSA) is 88.8 Å². The van der Waals surface area contributed by atoms with Crippen molar-refractivity contribution in [2.45, 2.75) is 39.2 Å². The standard InChI is InChI=1S/C32H40N8/c1-4-7-31(40-12-10-39(3)11-13-40)26-15-29(36-22(26)2)32-27-16-28(35-21-30(27)37-38-32)25-14-24(19-34-20-25)18-33-17-23-8-5-6-9-23/h4,7,14-16,19-21,23,33,36H,1,5-6,8-13,17-18H2,2-3H3,(H,37,38)/b31-7+. The summed E-state index contributed by atoms with van der Waals surface area (Å²) in [6.07, 6.45) is 15.2. The normalized spacial score (nSPS) is 17.2. The molecule has 2 fully saturated rings. The molecule has 0 atom stereocenters.